The standard InChI is InChI=1S/C17H23FN4O4S/c1-3-5-6-7-8-15-20-16(17(23)26-4-2)21-22(15)14-10-9-12(11-13(14)18)27(19,24)25/h9-11H,3-8H2,1-2H3,(H2,19,24,25). The second-order valence-electron chi connectivity index (χ2n) is 5.95. The molecule has 0 bridgehead atoms. The molecule has 2 rings (SSSR count). The Bertz CT molecular complexity index is 912. The van der Waals surface area contributed by atoms with Gasteiger partial charge in [0.2, 0.25) is 10.0 Å². The Morgan fingerprint density at radius 3 is 2.59 bits per heavy atom. The van der Waals surface area contributed by atoms with Crippen molar-refractivity contribution in [1.82, 2.24) is 14.8 Å². The van der Waals surface area contributed by atoms with E-state index in [-0.39, 0.29) is 23.0 Å². The second kappa shape index (κ2) is 9.05. The van der Waals surface area contributed by atoms with Crippen LogP contribution in [0.1, 0.15) is 56.0 Å². The molecule has 0 saturated carbocycles. The van der Waals surface area contributed by atoms with E-state index in [2.05, 4.69) is 17.0 Å². The molecule has 1 aromatic carbocycles. The van der Waals surface area contributed by atoms with Gasteiger partial charge in [0.15, 0.2) is 0 Å². The maximum atomic E-state index is 14.5. The molecule has 0 fully saturated rings. The lowest BCUT2D eigenvalue weighted by Crippen LogP contribution is -2.13. The third-order valence-electron chi connectivity index (χ3n) is 3.86. The number of hydrogen-bond donors (Lipinski definition) is 1. The molecule has 0 aliphatic heterocycles. The number of hydrogen-bond acceptors (Lipinski definition) is 6. The molecule has 0 amide bonds. The van der Waals surface area contributed by atoms with E-state index in [9.17, 15) is 17.6 Å². The number of nitrogens with two attached hydrogens (primary N) is 1. The Kier molecular flexibility index (Phi) is 7.03. The summed E-state index contributed by atoms with van der Waals surface area (Å²) < 4.78 is 43.4. The summed E-state index contributed by atoms with van der Waals surface area (Å²) in [5.41, 5.74) is -0.0176. The van der Waals surface area contributed by atoms with Gasteiger partial charge < -0.3 is 4.74 Å². The van der Waals surface area contributed by atoms with E-state index in [1.165, 1.54) is 16.8 Å². The maximum absolute atomic E-state index is 14.5. The second-order valence-corrected chi connectivity index (χ2v) is 7.51. The van der Waals surface area contributed by atoms with Crippen molar-refractivity contribution >= 4 is 16.0 Å². The number of carbonyl (C=O) groups is 1. The summed E-state index contributed by atoms with van der Waals surface area (Å²) >= 11 is 0. The molecule has 0 unspecified atom stereocenters. The van der Waals surface area contributed by atoms with E-state index < -0.39 is 21.8 Å². The number of sulfonamides is 1. The highest BCUT2D eigenvalue weighted by atomic mass is 32.2. The summed E-state index contributed by atoms with van der Waals surface area (Å²) in [7, 11) is -4.03. The van der Waals surface area contributed by atoms with Gasteiger partial charge in [-0.25, -0.2) is 32.4 Å². The smallest absolute Gasteiger partial charge is 0.378 e. The molecule has 2 aromatic rings. The lowest BCUT2D eigenvalue weighted by molar-refractivity contribution is 0.0512. The highest BCUT2D eigenvalue weighted by Crippen LogP contribution is 2.20. The third kappa shape index (κ3) is 5.33. The average Bonchev–Trinajstić information content (AvgIpc) is 3.02. The molecule has 0 atom stereocenters. The number of nitrogens with zero attached hydrogens (tertiary/aromatic N) is 3. The van der Waals surface area contributed by atoms with Gasteiger partial charge in [0, 0.05) is 6.42 Å². The normalized spacial score (nSPS) is 11.6. The summed E-state index contributed by atoms with van der Waals surface area (Å²) in [4.78, 5) is 15.8. The quantitative estimate of drug-likeness (QED) is 0.512. The Morgan fingerprint density at radius 1 is 1.26 bits per heavy atom. The maximum Gasteiger partial charge on any atom is 0.378 e. The third-order valence-corrected chi connectivity index (χ3v) is 4.77. The van der Waals surface area contributed by atoms with Crippen molar-refractivity contribution in [3.05, 3.63) is 35.7 Å². The fourth-order valence-corrected chi connectivity index (χ4v) is 3.05. The van der Waals surface area contributed by atoms with Crippen molar-refractivity contribution in [2.45, 2.75) is 50.8 Å². The van der Waals surface area contributed by atoms with Gasteiger partial charge in [-0.3, -0.25) is 0 Å². The van der Waals surface area contributed by atoms with Crippen LogP contribution in [0.25, 0.3) is 5.69 Å². The van der Waals surface area contributed by atoms with E-state index in [0.717, 1.165) is 31.7 Å². The minimum Gasteiger partial charge on any atom is -0.460 e. The van der Waals surface area contributed by atoms with Gasteiger partial charge in [0.25, 0.3) is 5.82 Å². The summed E-state index contributed by atoms with van der Waals surface area (Å²) in [6.45, 7) is 3.91. The van der Waals surface area contributed by atoms with Gasteiger partial charge in [0.05, 0.1) is 11.5 Å². The minimum absolute atomic E-state index is 0.0176. The Morgan fingerprint density at radius 2 is 2.00 bits per heavy atom. The van der Waals surface area contributed by atoms with Gasteiger partial charge in [-0.2, -0.15) is 0 Å². The van der Waals surface area contributed by atoms with Gasteiger partial charge in [0.1, 0.15) is 17.3 Å². The molecule has 0 spiro atoms. The van der Waals surface area contributed by atoms with Gasteiger partial charge in [-0.1, -0.05) is 26.2 Å². The first-order valence-electron chi connectivity index (χ1n) is 8.73. The highest BCUT2D eigenvalue weighted by Gasteiger charge is 2.21. The average molecular weight is 398 g/mol. The molecule has 148 valence electrons. The molecule has 1 heterocycles. The molecule has 2 N–H and O–H groups in total. The van der Waals surface area contributed by atoms with Crippen LogP contribution in [0.5, 0.6) is 0 Å². The zero-order valence-electron chi connectivity index (χ0n) is 15.3. The van der Waals surface area contributed by atoms with E-state index in [4.69, 9.17) is 9.88 Å². The Hall–Kier alpha value is -2.33. The number of benzene rings is 1. The predicted octanol–water partition coefficient (Wildman–Crippen LogP) is 2.35. The zero-order chi connectivity index (χ0) is 20.0. The van der Waals surface area contributed by atoms with Crippen LogP contribution in [-0.4, -0.2) is 35.8 Å². The lowest BCUT2D eigenvalue weighted by Gasteiger charge is -2.08. The van der Waals surface area contributed by atoms with Crippen molar-refractivity contribution < 1.29 is 22.3 Å². The fraction of sp³-hybridized carbons (Fsp3) is 0.471. The monoisotopic (exact) mass is 398 g/mol. The van der Waals surface area contributed by atoms with Crippen molar-refractivity contribution in [3.8, 4) is 5.69 Å². The van der Waals surface area contributed by atoms with Crippen LogP contribution in [-0.2, 0) is 21.2 Å². The fourth-order valence-electron chi connectivity index (χ4n) is 2.53. The number of rotatable bonds is 9. The zero-order valence-corrected chi connectivity index (χ0v) is 16.1. The molecule has 0 aliphatic rings. The number of aromatic nitrogens is 3. The summed E-state index contributed by atoms with van der Waals surface area (Å²) in [5.74, 6) is -1.31. The van der Waals surface area contributed by atoms with Crippen molar-refractivity contribution in [3.63, 3.8) is 0 Å². The van der Waals surface area contributed by atoms with Crippen LogP contribution < -0.4 is 5.14 Å². The number of ether oxygens (including phenoxy) is 1. The molecule has 8 nitrogen and oxygen atoms in total. The number of aryl methyl sites for hydroxylation is 1. The first-order valence-corrected chi connectivity index (χ1v) is 10.3. The number of carbonyl (C=O) groups excluding carboxylic acids is 1. The van der Waals surface area contributed by atoms with E-state index in [0.29, 0.717) is 12.2 Å². The molecular formula is C17H23FN4O4S. The van der Waals surface area contributed by atoms with Gasteiger partial charge in [-0.05, 0) is 31.5 Å². The predicted molar refractivity (Wildman–Crippen MR) is 96.5 cm³/mol. The highest BCUT2D eigenvalue weighted by molar-refractivity contribution is 7.89. The van der Waals surface area contributed by atoms with Crippen molar-refractivity contribution in [2.75, 3.05) is 6.61 Å². The first kappa shape index (κ1) is 21.0. The molecule has 27 heavy (non-hydrogen) atoms. The number of primary sulfonamides is 1. The topological polar surface area (TPSA) is 117 Å². The van der Waals surface area contributed by atoms with Crippen LogP contribution in [0.4, 0.5) is 4.39 Å². The molecule has 1 aromatic heterocycles. The number of halogens is 1. The largest absolute Gasteiger partial charge is 0.460 e. The summed E-state index contributed by atoms with van der Waals surface area (Å²) in [6.07, 6.45) is 4.36. The SMILES string of the molecule is CCCCCCc1nc(C(=O)OCC)nn1-c1ccc(S(N)(=O)=O)cc1F. The van der Waals surface area contributed by atoms with E-state index >= 15 is 0 Å². The van der Waals surface area contributed by atoms with Crippen LogP contribution >= 0.6 is 0 Å². The Labute approximate surface area is 157 Å². The van der Waals surface area contributed by atoms with Crippen LogP contribution in [0.2, 0.25) is 0 Å². The van der Waals surface area contributed by atoms with Gasteiger partial charge in [-0.15, -0.1) is 5.10 Å². The first-order chi connectivity index (χ1) is 12.8. The van der Waals surface area contributed by atoms with Crippen molar-refractivity contribution in [2.24, 2.45) is 5.14 Å². The number of unbranched alkanes of at least 4 members (excludes halogenated alkanes) is 3. The van der Waals surface area contributed by atoms with Crippen molar-refractivity contribution in [1.29, 1.82) is 0 Å². The molecule has 0 radical (unpaired) electrons. The lowest BCUT2D eigenvalue weighted by atomic mass is 10.1. The Balaban J connectivity index is 2.42. The molecular weight excluding hydrogens is 375 g/mol. The number of esters is 1. The van der Waals surface area contributed by atoms with Crippen LogP contribution in [0.3, 0.4) is 0 Å². The van der Waals surface area contributed by atoms with E-state index in [1.54, 1.807) is 6.92 Å². The van der Waals surface area contributed by atoms with Gasteiger partial charge >= 0.3 is 5.97 Å². The molecule has 10 heteroatoms. The summed E-state index contributed by atoms with van der Waals surface area (Å²) in [6, 6.07) is 3.24. The molecule has 0 saturated heterocycles. The van der Waals surface area contributed by atoms with Crippen LogP contribution in [0.15, 0.2) is 23.1 Å². The summed E-state index contributed by atoms with van der Waals surface area (Å²) in [5, 5.41) is 9.09. The van der Waals surface area contributed by atoms with E-state index in [1.807, 2.05) is 0 Å². The minimum atomic E-state index is -4.03. The molecule has 0 aliphatic carbocycles. The van der Waals surface area contributed by atoms with Crippen LogP contribution in [0, 0.1) is 5.82 Å².